The minimum atomic E-state index is -0.192. The third kappa shape index (κ3) is 2.66. The van der Waals surface area contributed by atoms with Crippen molar-refractivity contribution in [2.45, 2.75) is 19.8 Å². The average molecular weight is 302 g/mol. The van der Waals surface area contributed by atoms with Gasteiger partial charge in [-0.15, -0.1) is 0 Å². The largest absolute Gasteiger partial charge is 0.396 e. The lowest BCUT2D eigenvalue weighted by Gasteiger charge is -2.39. The monoisotopic (exact) mass is 302 g/mol. The molecule has 2 aliphatic heterocycles. The summed E-state index contributed by atoms with van der Waals surface area (Å²) in [5, 5.41) is 9.50. The van der Waals surface area contributed by atoms with Crippen LogP contribution in [0.4, 0.5) is 0 Å². The molecule has 3 rings (SSSR count). The van der Waals surface area contributed by atoms with Gasteiger partial charge in [0.1, 0.15) is 0 Å². The predicted octanol–water partition coefficient (Wildman–Crippen LogP) is 1.38. The summed E-state index contributed by atoms with van der Waals surface area (Å²) < 4.78 is 0. The van der Waals surface area contributed by atoms with Crippen LogP contribution in [-0.4, -0.2) is 59.5 Å². The molecule has 5 nitrogen and oxygen atoms in total. The molecule has 1 aromatic carbocycles. The number of fused-ring (bicyclic) bond motifs is 1. The molecule has 0 radical (unpaired) electrons. The second-order valence-corrected chi connectivity index (χ2v) is 6.66. The van der Waals surface area contributed by atoms with Crippen molar-refractivity contribution in [3.8, 4) is 0 Å². The zero-order valence-corrected chi connectivity index (χ0v) is 12.9. The number of hydrogen-bond donors (Lipinski definition) is 1. The van der Waals surface area contributed by atoms with Crippen molar-refractivity contribution in [2.24, 2.45) is 5.41 Å². The van der Waals surface area contributed by atoms with Crippen LogP contribution in [0, 0.1) is 5.41 Å². The summed E-state index contributed by atoms with van der Waals surface area (Å²) in [7, 11) is 0. The number of likely N-dealkylation sites (tertiary alicyclic amines) is 1. The maximum absolute atomic E-state index is 12.3. The molecule has 118 valence electrons. The van der Waals surface area contributed by atoms with Crippen molar-refractivity contribution in [2.75, 3.05) is 32.8 Å². The molecular formula is C17H22N2O3. The molecule has 1 atom stereocenters. The van der Waals surface area contributed by atoms with E-state index in [2.05, 4.69) is 11.8 Å². The number of carbonyl (C=O) groups excluding carboxylic acids is 2. The number of amides is 2. The Morgan fingerprint density at radius 1 is 1.14 bits per heavy atom. The van der Waals surface area contributed by atoms with Crippen molar-refractivity contribution < 1.29 is 14.7 Å². The number of imide groups is 1. The average Bonchev–Trinajstić information content (AvgIpc) is 2.78. The van der Waals surface area contributed by atoms with E-state index in [1.165, 1.54) is 4.90 Å². The Hall–Kier alpha value is -1.72. The summed E-state index contributed by atoms with van der Waals surface area (Å²) >= 11 is 0. The van der Waals surface area contributed by atoms with E-state index < -0.39 is 0 Å². The molecule has 0 aromatic heterocycles. The molecular weight excluding hydrogens is 280 g/mol. The lowest BCUT2D eigenvalue weighted by molar-refractivity contribution is 0.0393. The molecule has 1 saturated heterocycles. The molecule has 0 bridgehead atoms. The van der Waals surface area contributed by atoms with Crippen LogP contribution in [0.25, 0.3) is 0 Å². The second-order valence-electron chi connectivity index (χ2n) is 6.66. The van der Waals surface area contributed by atoms with E-state index in [1.54, 1.807) is 24.3 Å². The first-order chi connectivity index (χ1) is 10.5. The summed E-state index contributed by atoms with van der Waals surface area (Å²) in [5.41, 5.74) is 0.943. The topological polar surface area (TPSA) is 60.9 Å². The number of piperidine rings is 1. The predicted molar refractivity (Wildman–Crippen MR) is 82.7 cm³/mol. The maximum atomic E-state index is 12.3. The molecule has 1 unspecified atom stereocenters. The molecule has 0 spiro atoms. The minimum Gasteiger partial charge on any atom is -0.396 e. The minimum absolute atomic E-state index is 0.0692. The highest BCUT2D eigenvalue weighted by atomic mass is 16.3. The standard InChI is InChI=1S/C17H22N2O3/c1-17(12-20)7-4-8-18(11-17)9-10-19-15(21)13-5-2-3-6-14(13)16(19)22/h2-3,5-6,20H,4,7-12H2,1H3. The fraction of sp³-hybridized carbons (Fsp3) is 0.529. The summed E-state index contributed by atoms with van der Waals surface area (Å²) in [4.78, 5) is 28.2. The van der Waals surface area contributed by atoms with Gasteiger partial charge in [-0.05, 0) is 31.5 Å². The van der Waals surface area contributed by atoms with Gasteiger partial charge in [-0.25, -0.2) is 0 Å². The molecule has 1 fully saturated rings. The van der Waals surface area contributed by atoms with Crippen LogP contribution in [-0.2, 0) is 0 Å². The fourth-order valence-electron chi connectivity index (χ4n) is 3.43. The lowest BCUT2D eigenvalue weighted by atomic mass is 9.83. The number of rotatable bonds is 4. The number of carbonyl (C=O) groups is 2. The summed E-state index contributed by atoms with van der Waals surface area (Å²) in [6, 6.07) is 6.98. The Morgan fingerprint density at radius 2 is 1.77 bits per heavy atom. The van der Waals surface area contributed by atoms with Crippen LogP contribution in [0.3, 0.4) is 0 Å². The number of aliphatic hydroxyl groups is 1. The second kappa shape index (κ2) is 5.82. The van der Waals surface area contributed by atoms with Crippen molar-refractivity contribution in [3.05, 3.63) is 35.4 Å². The van der Waals surface area contributed by atoms with Crippen molar-refractivity contribution in [1.29, 1.82) is 0 Å². The van der Waals surface area contributed by atoms with Crippen molar-refractivity contribution in [1.82, 2.24) is 9.80 Å². The zero-order chi connectivity index (χ0) is 15.7. The van der Waals surface area contributed by atoms with Gasteiger partial charge >= 0.3 is 0 Å². The Labute approximate surface area is 130 Å². The smallest absolute Gasteiger partial charge is 0.261 e. The molecule has 2 heterocycles. The molecule has 5 heteroatoms. The molecule has 0 aliphatic carbocycles. The van der Waals surface area contributed by atoms with E-state index in [4.69, 9.17) is 0 Å². The van der Waals surface area contributed by atoms with Gasteiger partial charge in [0.2, 0.25) is 0 Å². The van der Waals surface area contributed by atoms with Gasteiger partial charge in [0.15, 0.2) is 0 Å². The van der Waals surface area contributed by atoms with Crippen molar-refractivity contribution in [3.63, 3.8) is 0 Å². The first-order valence-corrected chi connectivity index (χ1v) is 7.82. The van der Waals surface area contributed by atoms with Crippen LogP contribution in [0.5, 0.6) is 0 Å². The van der Waals surface area contributed by atoms with Gasteiger partial charge in [-0.3, -0.25) is 14.5 Å². The fourth-order valence-corrected chi connectivity index (χ4v) is 3.43. The zero-order valence-electron chi connectivity index (χ0n) is 12.9. The van der Waals surface area contributed by atoms with Gasteiger partial charge in [0.05, 0.1) is 11.1 Å². The van der Waals surface area contributed by atoms with E-state index in [0.717, 1.165) is 25.9 Å². The number of benzene rings is 1. The third-order valence-electron chi connectivity index (χ3n) is 4.76. The maximum Gasteiger partial charge on any atom is 0.261 e. The highest BCUT2D eigenvalue weighted by Gasteiger charge is 2.36. The first-order valence-electron chi connectivity index (χ1n) is 7.82. The third-order valence-corrected chi connectivity index (χ3v) is 4.76. The molecule has 2 amide bonds. The number of hydrogen-bond acceptors (Lipinski definition) is 4. The Balaban J connectivity index is 1.63. The Morgan fingerprint density at radius 3 is 2.36 bits per heavy atom. The SMILES string of the molecule is CC1(CO)CCCN(CCN2C(=O)c3ccccc3C2=O)C1. The quantitative estimate of drug-likeness (QED) is 0.854. The van der Waals surface area contributed by atoms with E-state index in [1.807, 2.05) is 0 Å². The van der Waals surface area contributed by atoms with Crippen LogP contribution in [0.15, 0.2) is 24.3 Å². The molecule has 0 saturated carbocycles. The van der Waals surface area contributed by atoms with Gasteiger partial charge in [-0.1, -0.05) is 19.1 Å². The molecule has 1 aromatic rings. The molecule has 22 heavy (non-hydrogen) atoms. The van der Waals surface area contributed by atoms with E-state index in [-0.39, 0.29) is 23.8 Å². The molecule has 1 N–H and O–H groups in total. The van der Waals surface area contributed by atoms with E-state index in [9.17, 15) is 14.7 Å². The van der Waals surface area contributed by atoms with Crippen LogP contribution >= 0.6 is 0 Å². The lowest BCUT2D eigenvalue weighted by Crippen LogP contribution is -2.47. The normalized spacial score (nSPS) is 25.6. The summed E-state index contributed by atoms with van der Waals surface area (Å²) in [6.07, 6.45) is 2.06. The summed E-state index contributed by atoms with van der Waals surface area (Å²) in [6.45, 7) is 5.11. The number of nitrogens with zero attached hydrogens (tertiary/aromatic N) is 2. The van der Waals surface area contributed by atoms with Gasteiger partial charge in [-0.2, -0.15) is 0 Å². The van der Waals surface area contributed by atoms with Crippen LogP contribution < -0.4 is 0 Å². The van der Waals surface area contributed by atoms with Crippen molar-refractivity contribution >= 4 is 11.8 Å². The number of aliphatic hydroxyl groups excluding tert-OH is 1. The molecule has 2 aliphatic rings. The highest BCUT2D eigenvalue weighted by molar-refractivity contribution is 6.21. The Kier molecular flexibility index (Phi) is 4.02. The van der Waals surface area contributed by atoms with Crippen LogP contribution in [0.2, 0.25) is 0 Å². The van der Waals surface area contributed by atoms with Crippen LogP contribution in [0.1, 0.15) is 40.5 Å². The van der Waals surface area contributed by atoms with Gasteiger partial charge in [0, 0.05) is 31.7 Å². The Bertz CT molecular complexity index is 566. The van der Waals surface area contributed by atoms with E-state index >= 15 is 0 Å². The summed E-state index contributed by atoms with van der Waals surface area (Å²) in [5.74, 6) is -0.384. The van der Waals surface area contributed by atoms with Gasteiger partial charge < -0.3 is 10.0 Å². The first kappa shape index (κ1) is 15.2. The van der Waals surface area contributed by atoms with Gasteiger partial charge in [0.25, 0.3) is 11.8 Å². The van der Waals surface area contributed by atoms with E-state index in [0.29, 0.717) is 24.2 Å². The highest BCUT2D eigenvalue weighted by Crippen LogP contribution is 2.29.